The summed E-state index contributed by atoms with van der Waals surface area (Å²) in [5, 5.41) is 12.8. The van der Waals surface area contributed by atoms with Crippen LogP contribution in [-0.2, 0) is 25.5 Å². The van der Waals surface area contributed by atoms with Crippen molar-refractivity contribution in [1.82, 2.24) is 10.2 Å². The fourth-order valence-electron chi connectivity index (χ4n) is 4.28. The van der Waals surface area contributed by atoms with Gasteiger partial charge in [0.15, 0.2) is 0 Å². The molecule has 32 heavy (non-hydrogen) atoms. The Balaban J connectivity index is 1.65. The summed E-state index contributed by atoms with van der Waals surface area (Å²) >= 11 is 3.71. The highest BCUT2D eigenvalue weighted by Crippen LogP contribution is 2.42. The first kappa shape index (κ1) is 24.9. The van der Waals surface area contributed by atoms with Crippen LogP contribution in [0.25, 0.3) is 0 Å². The van der Waals surface area contributed by atoms with Crippen LogP contribution in [0, 0.1) is 5.92 Å². The summed E-state index contributed by atoms with van der Waals surface area (Å²) in [5.41, 5.74) is 1.10. The Morgan fingerprint density at radius 3 is 2.53 bits per heavy atom. The summed E-state index contributed by atoms with van der Waals surface area (Å²) in [6.07, 6.45) is 1.63. The summed E-state index contributed by atoms with van der Waals surface area (Å²) in [5.74, 6) is 0.671. The number of aryl methyl sites for hydroxylation is 1. The quantitative estimate of drug-likeness (QED) is 0.494. The maximum atomic E-state index is 13.2. The fraction of sp³-hybridized carbons (Fsp3) is 0.609. The van der Waals surface area contributed by atoms with Crippen molar-refractivity contribution in [3.63, 3.8) is 0 Å². The molecule has 0 aliphatic carbocycles. The smallest absolute Gasteiger partial charge is 0.326 e. The molecule has 2 N–H and O–H groups in total. The van der Waals surface area contributed by atoms with Crippen LogP contribution in [0.1, 0.15) is 32.3 Å². The Kier molecular flexibility index (Phi) is 9.31. The number of nitrogens with zero attached hydrogens (tertiary/aromatic N) is 1. The molecular formula is C23H32N2O5S2. The summed E-state index contributed by atoms with van der Waals surface area (Å²) in [6.45, 7) is 4.15. The number of nitrogens with one attached hydrogen (secondary N) is 1. The highest BCUT2D eigenvalue weighted by molar-refractivity contribution is 8.20. The number of benzene rings is 1. The third kappa shape index (κ3) is 6.42. The lowest BCUT2D eigenvalue weighted by Gasteiger charge is -2.28. The normalized spacial score (nSPS) is 23.1. The van der Waals surface area contributed by atoms with Gasteiger partial charge < -0.3 is 14.7 Å². The number of amides is 1. The number of carbonyl (C=O) groups is 3. The van der Waals surface area contributed by atoms with E-state index in [2.05, 4.69) is 5.32 Å². The van der Waals surface area contributed by atoms with Crippen molar-refractivity contribution < 1.29 is 24.2 Å². The lowest BCUT2D eigenvalue weighted by molar-refractivity contribution is -0.150. The SMILES string of the molecule is CCOC(=O)C(CCc1ccccc1)N[C@@H](C)C(=O)N1CC(C2SCCS2)CC1C(=O)O. The topological polar surface area (TPSA) is 95.9 Å². The number of ether oxygens (including phenoxy) is 1. The number of thioether (sulfide) groups is 2. The molecule has 0 bridgehead atoms. The van der Waals surface area contributed by atoms with Crippen molar-refractivity contribution in [2.75, 3.05) is 24.7 Å². The van der Waals surface area contributed by atoms with Crippen LogP contribution in [-0.4, -0.2) is 75.2 Å². The van der Waals surface area contributed by atoms with E-state index < -0.39 is 30.1 Å². The Morgan fingerprint density at radius 1 is 1.22 bits per heavy atom. The molecule has 2 saturated heterocycles. The van der Waals surface area contributed by atoms with Crippen molar-refractivity contribution >= 4 is 41.4 Å². The van der Waals surface area contributed by atoms with E-state index in [4.69, 9.17) is 4.74 Å². The Hall–Kier alpha value is -1.71. The average Bonchev–Trinajstić information content (AvgIpc) is 3.46. The number of likely N-dealkylation sites (tertiary alicyclic amines) is 1. The van der Waals surface area contributed by atoms with Crippen LogP contribution in [0.4, 0.5) is 0 Å². The number of carboxylic acid groups (broad SMARTS) is 1. The molecule has 0 spiro atoms. The minimum atomic E-state index is -0.966. The van der Waals surface area contributed by atoms with Crippen LogP contribution in [0.5, 0.6) is 0 Å². The van der Waals surface area contributed by atoms with Crippen LogP contribution in [0.2, 0.25) is 0 Å². The Morgan fingerprint density at radius 2 is 1.91 bits per heavy atom. The molecule has 1 aromatic rings. The van der Waals surface area contributed by atoms with Gasteiger partial charge in [0, 0.05) is 24.0 Å². The molecule has 3 rings (SSSR count). The molecule has 176 valence electrons. The first-order chi connectivity index (χ1) is 15.4. The molecule has 3 unspecified atom stereocenters. The van der Waals surface area contributed by atoms with Gasteiger partial charge in [-0.1, -0.05) is 30.3 Å². The van der Waals surface area contributed by atoms with Gasteiger partial charge in [0.1, 0.15) is 12.1 Å². The van der Waals surface area contributed by atoms with Gasteiger partial charge in [-0.25, -0.2) is 4.79 Å². The number of carbonyl (C=O) groups excluding carboxylic acids is 2. The Labute approximate surface area is 198 Å². The van der Waals surface area contributed by atoms with E-state index in [1.165, 1.54) is 4.90 Å². The van der Waals surface area contributed by atoms with Crippen molar-refractivity contribution in [2.24, 2.45) is 5.92 Å². The van der Waals surface area contributed by atoms with Gasteiger partial charge in [-0.2, -0.15) is 0 Å². The highest BCUT2D eigenvalue weighted by Gasteiger charge is 2.44. The van der Waals surface area contributed by atoms with E-state index in [-0.39, 0.29) is 18.4 Å². The fourth-order valence-corrected chi connectivity index (χ4v) is 7.42. The zero-order valence-corrected chi connectivity index (χ0v) is 20.2. The van der Waals surface area contributed by atoms with Crippen LogP contribution in [0.3, 0.4) is 0 Å². The lowest BCUT2D eigenvalue weighted by atomic mass is 10.0. The highest BCUT2D eigenvalue weighted by atomic mass is 32.2. The number of hydrogen-bond acceptors (Lipinski definition) is 7. The molecule has 0 radical (unpaired) electrons. The van der Waals surface area contributed by atoms with E-state index >= 15 is 0 Å². The van der Waals surface area contributed by atoms with Gasteiger partial charge in [-0.3, -0.25) is 14.9 Å². The van der Waals surface area contributed by atoms with Gasteiger partial charge >= 0.3 is 11.9 Å². The number of hydrogen-bond donors (Lipinski definition) is 2. The predicted molar refractivity (Wildman–Crippen MR) is 128 cm³/mol. The third-order valence-electron chi connectivity index (χ3n) is 5.89. The van der Waals surface area contributed by atoms with Crippen molar-refractivity contribution in [1.29, 1.82) is 0 Å². The van der Waals surface area contributed by atoms with Crippen LogP contribution >= 0.6 is 23.5 Å². The summed E-state index contributed by atoms with van der Waals surface area (Å²) in [6, 6.07) is 7.69. The second kappa shape index (κ2) is 12.0. The van der Waals surface area contributed by atoms with E-state index in [0.717, 1.165) is 17.1 Å². The largest absolute Gasteiger partial charge is 0.480 e. The summed E-state index contributed by atoms with van der Waals surface area (Å²) < 4.78 is 5.56. The number of rotatable bonds is 10. The zero-order chi connectivity index (χ0) is 23.1. The van der Waals surface area contributed by atoms with Gasteiger partial charge in [0.25, 0.3) is 0 Å². The molecule has 2 fully saturated rings. The zero-order valence-electron chi connectivity index (χ0n) is 18.6. The second-order valence-corrected chi connectivity index (χ2v) is 11.0. The van der Waals surface area contributed by atoms with E-state index in [1.807, 2.05) is 53.9 Å². The molecule has 2 aliphatic rings. The van der Waals surface area contributed by atoms with Crippen molar-refractivity contribution in [3.05, 3.63) is 35.9 Å². The van der Waals surface area contributed by atoms with Crippen molar-refractivity contribution in [2.45, 2.75) is 55.8 Å². The van der Waals surface area contributed by atoms with E-state index in [1.54, 1.807) is 13.8 Å². The maximum absolute atomic E-state index is 13.2. The summed E-state index contributed by atoms with van der Waals surface area (Å²) in [7, 11) is 0. The molecule has 0 aromatic heterocycles. The summed E-state index contributed by atoms with van der Waals surface area (Å²) in [4.78, 5) is 39.1. The number of aliphatic carboxylic acids is 1. The first-order valence-corrected chi connectivity index (χ1v) is 13.2. The molecule has 2 aliphatic heterocycles. The van der Waals surface area contributed by atoms with Gasteiger partial charge in [-0.05, 0) is 38.7 Å². The molecule has 0 saturated carbocycles. The molecule has 4 atom stereocenters. The molecular weight excluding hydrogens is 448 g/mol. The van der Waals surface area contributed by atoms with Gasteiger partial charge in [0.05, 0.1) is 17.2 Å². The maximum Gasteiger partial charge on any atom is 0.326 e. The second-order valence-electron chi connectivity index (χ2n) is 8.17. The monoisotopic (exact) mass is 480 g/mol. The number of carboxylic acids is 1. The lowest BCUT2D eigenvalue weighted by Crippen LogP contribution is -2.53. The Bertz CT molecular complexity index is 788. The molecule has 1 aromatic carbocycles. The van der Waals surface area contributed by atoms with Gasteiger partial charge in [-0.15, -0.1) is 23.5 Å². The molecule has 7 nitrogen and oxygen atoms in total. The molecule has 2 heterocycles. The predicted octanol–water partition coefficient (Wildman–Crippen LogP) is 2.64. The first-order valence-electron chi connectivity index (χ1n) is 11.1. The number of esters is 1. The minimum Gasteiger partial charge on any atom is -0.480 e. The average molecular weight is 481 g/mol. The van der Waals surface area contributed by atoms with Crippen molar-refractivity contribution in [3.8, 4) is 0 Å². The van der Waals surface area contributed by atoms with Crippen LogP contribution in [0.15, 0.2) is 30.3 Å². The van der Waals surface area contributed by atoms with Gasteiger partial charge in [0.2, 0.25) is 5.91 Å². The minimum absolute atomic E-state index is 0.170. The standard InChI is InChI=1S/C23H32N2O5S2/c1-3-30-22(29)18(10-9-16-7-5-4-6-8-16)24-15(2)20(26)25-14-17(13-19(25)21(27)28)23-31-11-12-32-23/h4-8,15,17-19,23-24H,3,9-14H2,1-2H3,(H,27,28)/t15-,17?,18?,19?/m0/s1. The molecule has 1 amide bonds. The van der Waals surface area contributed by atoms with E-state index in [9.17, 15) is 19.5 Å². The van der Waals surface area contributed by atoms with E-state index in [0.29, 0.717) is 30.4 Å². The third-order valence-corrected chi connectivity index (χ3v) is 9.27. The van der Waals surface area contributed by atoms with Crippen LogP contribution < -0.4 is 5.32 Å². The molecule has 9 heteroatoms.